The molecule has 0 aliphatic carbocycles. The first-order chi connectivity index (χ1) is 15.2. The van der Waals surface area contributed by atoms with Crippen LogP contribution in [0.25, 0.3) is 0 Å². The zero-order valence-corrected chi connectivity index (χ0v) is 16.9. The second-order valence-corrected chi connectivity index (χ2v) is 7.23. The first-order valence-corrected chi connectivity index (χ1v) is 9.63. The molecule has 2 amide bonds. The SMILES string of the molecule is O=C(Nc1nnc(C2CC(=O)N(c3ccc(OC(F)(F)F)cc3)C2)o1)c1ccccc1Cl. The van der Waals surface area contributed by atoms with E-state index < -0.39 is 18.2 Å². The maximum absolute atomic E-state index is 12.4. The number of benzene rings is 2. The zero-order chi connectivity index (χ0) is 22.9. The number of amides is 2. The Morgan fingerprint density at radius 3 is 2.56 bits per heavy atom. The Morgan fingerprint density at radius 2 is 1.88 bits per heavy atom. The van der Waals surface area contributed by atoms with Gasteiger partial charge in [0.15, 0.2) is 0 Å². The monoisotopic (exact) mass is 466 g/mol. The quantitative estimate of drug-likeness (QED) is 0.598. The molecule has 1 aliphatic rings. The van der Waals surface area contributed by atoms with Crippen LogP contribution in [-0.4, -0.2) is 34.9 Å². The van der Waals surface area contributed by atoms with Crippen molar-refractivity contribution in [1.82, 2.24) is 10.2 Å². The van der Waals surface area contributed by atoms with Crippen molar-refractivity contribution in [3.8, 4) is 5.75 Å². The van der Waals surface area contributed by atoms with Crippen molar-refractivity contribution in [3.63, 3.8) is 0 Å². The number of aromatic nitrogens is 2. The van der Waals surface area contributed by atoms with Crippen LogP contribution in [0, 0.1) is 0 Å². The average molecular weight is 467 g/mol. The molecule has 2 heterocycles. The molecule has 1 aromatic heterocycles. The van der Waals surface area contributed by atoms with E-state index in [0.717, 1.165) is 12.1 Å². The molecule has 0 radical (unpaired) electrons. The largest absolute Gasteiger partial charge is 0.573 e. The first kappa shape index (κ1) is 21.6. The van der Waals surface area contributed by atoms with Gasteiger partial charge in [-0.05, 0) is 36.4 Å². The standard InChI is InChI=1S/C20H14ClF3N4O4/c21-15-4-2-1-3-14(15)17(30)25-19-27-26-18(31-19)11-9-16(29)28(10-11)12-5-7-13(8-6-12)32-20(22,23)24/h1-8,11H,9-10H2,(H,25,27,30). The fraction of sp³-hybridized carbons (Fsp3) is 0.200. The van der Waals surface area contributed by atoms with Crippen molar-refractivity contribution >= 4 is 35.1 Å². The van der Waals surface area contributed by atoms with Crippen LogP contribution in [0.15, 0.2) is 52.9 Å². The van der Waals surface area contributed by atoms with E-state index in [2.05, 4.69) is 20.3 Å². The molecule has 2 aromatic carbocycles. The van der Waals surface area contributed by atoms with Crippen LogP contribution in [0.3, 0.4) is 0 Å². The van der Waals surface area contributed by atoms with E-state index in [4.69, 9.17) is 16.0 Å². The Bertz CT molecular complexity index is 1150. The molecule has 1 unspecified atom stereocenters. The highest BCUT2D eigenvalue weighted by atomic mass is 35.5. The molecule has 1 atom stereocenters. The van der Waals surface area contributed by atoms with Crippen LogP contribution >= 0.6 is 11.6 Å². The Hall–Kier alpha value is -3.60. The van der Waals surface area contributed by atoms with Gasteiger partial charge in [0.25, 0.3) is 5.91 Å². The number of hydrogen-bond acceptors (Lipinski definition) is 6. The lowest BCUT2D eigenvalue weighted by Crippen LogP contribution is -2.24. The molecule has 0 spiro atoms. The molecule has 1 fully saturated rings. The number of carbonyl (C=O) groups is 2. The van der Waals surface area contributed by atoms with Crippen molar-refractivity contribution in [2.24, 2.45) is 0 Å². The number of alkyl halides is 3. The molecular formula is C20H14ClF3N4O4. The summed E-state index contributed by atoms with van der Waals surface area (Å²) in [4.78, 5) is 26.1. The van der Waals surface area contributed by atoms with Gasteiger partial charge in [0.2, 0.25) is 11.8 Å². The van der Waals surface area contributed by atoms with Crippen LogP contribution in [0.1, 0.15) is 28.6 Å². The van der Waals surface area contributed by atoms with Crippen LogP contribution in [0.4, 0.5) is 24.9 Å². The minimum absolute atomic E-state index is 0.0564. The second-order valence-electron chi connectivity index (χ2n) is 6.83. The van der Waals surface area contributed by atoms with Gasteiger partial charge in [0, 0.05) is 18.7 Å². The average Bonchev–Trinajstić information content (AvgIpc) is 3.34. The minimum Gasteiger partial charge on any atom is -0.407 e. The van der Waals surface area contributed by atoms with E-state index in [0.29, 0.717) is 5.69 Å². The summed E-state index contributed by atoms with van der Waals surface area (Å²) in [7, 11) is 0. The molecule has 1 saturated heterocycles. The van der Waals surface area contributed by atoms with Gasteiger partial charge < -0.3 is 14.1 Å². The van der Waals surface area contributed by atoms with E-state index in [9.17, 15) is 22.8 Å². The van der Waals surface area contributed by atoms with Crippen molar-refractivity contribution in [1.29, 1.82) is 0 Å². The number of anilines is 2. The summed E-state index contributed by atoms with van der Waals surface area (Å²) in [6.07, 6.45) is -4.74. The van der Waals surface area contributed by atoms with E-state index >= 15 is 0 Å². The number of halogens is 4. The smallest absolute Gasteiger partial charge is 0.407 e. The number of rotatable bonds is 5. The molecule has 32 heavy (non-hydrogen) atoms. The molecule has 166 valence electrons. The Labute approximate surface area is 183 Å². The Kier molecular flexibility index (Phi) is 5.74. The van der Waals surface area contributed by atoms with Gasteiger partial charge in [0.05, 0.1) is 16.5 Å². The third kappa shape index (κ3) is 4.83. The maximum Gasteiger partial charge on any atom is 0.573 e. The molecule has 0 bridgehead atoms. The molecule has 1 N–H and O–H groups in total. The van der Waals surface area contributed by atoms with Crippen molar-refractivity contribution in [2.75, 3.05) is 16.8 Å². The predicted octanol–water partition coefficient (Wildman–Crippen LogP) is 4.39. The van der Waals surface area contributed by atoms with Gasteiger partial charge >= 0.3 is 12.4 Å². The summed E-state index contributed by atoms with van der Waals surface area (Å²) in [5.41, 5.74) is 0.632. The number of nitrogens with zero attached hydrogens (tertiary/aromatic N) is 3. The molecule has 1 aliphatic heterocycles. The van der Waals surface area contributed by atoms with E-state index in [-0.39, 0.29) is 47.1 Å². The van der Waals surface area contributed by atoms with E-state index in [1.54, 1.807) is 18.2 Å². The lowest BCUT2D eigenvalue weighted by atomic mass is 10.1. The molecule has 12 heteroatoms. The Balaban J connectivity index is 1.42. The fourth-order valence-corrected chi connectivity index (χ4v) is 3.43. The van der Waals surface area contributed by atoms with Crippen molar-refractivity contribution in [3.05, 3.63) is 65.0 Å². The summed E-state index contributed by atoms with van der Waals surface area (Å²) in [5.74, 6) is -1.49. The van der Waals surface area contributed by atoms with Crippen LogP contribution in [0.2, 0.25) is 5.02 Å². The van der Waals surface area contributed by atoms with Crippen LogP contribution in [-0.2, 0) is 4.79 Å². The molecule has 0 saturated carbocycles. The van der Waals surface area contributed by atoms with Gasteiger partial charge in [-0.1, -0.05) is 28.8 Å². The molecule has 8 nitrogen and oxygen atoms in total. The molecule has 4 rings (SSSR count). The summed E-state index contributed by atoms with van der Waals surface area (Å²) in [6.45, 7) is 0.179. The normalized spacial score (nSPS) is 16.3. The highest BCUT2D eigenvalue weighted by molar-refractivity contribution is 6.34. The van der Waals surface area contributed by atoms with E-state index in [1.807, 2.05) is 0 Å². The lowest BCUT2D eigenvalue weighted by Gasteiger charge is -2.17. The van der Waals surface area contributed by atoms with E-state index in [1.165, 1.54) is 23.1 Å². The molecule has 3 aromatic rings. The van der Waals surface area contributed by atoms with Crippen LogP contribution in [0.5, 0.6) is 5.75 Å². The summed E-state index contributed by atoms with van der Waals surface area (Å²) >= 11 is 5.99. The maximum atomic E-state index is 12.4. The van der Waals surface area contributed by atoms with Crippen molar-refractivity contribution in [2.45, 2.75) is 18.7 Å². The zero-order valence-electron chi connectivity index (χ0n) is 16.1. The van der Waals surface area contributed by atoms with Gasteiger partial charge in [-0.2, -0.15) is 0 Å². The predicted molar refractivity (Wildman–Crippen MR) is 107 cm³/mol. The highest BCUT2D eigenvalue weighted by Crippen LogP contribution is 2.33. The lowest BCUT2D eigenvalue weighted by molar-refractivity contribution is -0.274. The third-order valence-electron chi connectivity index (χ3n) is 4.64. The topological polar surface area (TPSA) is 97.6 Å². The second kappa shape index (κ2) is 8.50. The fourth-order valence-electron chi connectivity index (χ4n) is 3.21. The minimum atomic E-state index is -4.80. The number of hydrogen-bond donors (Lipinski definition) is 1. The third-order valence-corrected chi connectivity index (χ3v) is 4.97. The molecular weight excluding hydrogens is 453 g/mol. The highest BCUT2D eigenvalue weighted by Gasteiger charge is 2.35. The van der Waals surface area contributed by atoms with Gasteiger partial charge in [-0.15, -0.1) is 18.3 Å². The number of carbonyl (C=O) groups excluding carboxylic acids is 2. The Morgan fingerprint density at radius 1 is 1.16 bits per heavy atom. The van der Waals surface area contributed by atoms with Gasteiger partial charge in [0.1, 0.15) is 5.75 Å². The number of nitrogens with one attached hydrogen (secondary N) is 1. The van der Waals surface area contributed by atoms with Crippen molar-refractivity contribution < 1.29 is 31.9 Å². The summed E-state index contributed by atoms with van der Waals surface area (Å²) in [6, 6.07) is 11.2. The number of ether oxygens (including phenoxy) is 1. The summed E-state index contributed by atoms with van der Waals surface area (Å²) in [5, 5.41) is 10.4. The van der Waals surface area contributed by atoms with Gasteiger partial charge in [-0.3, -0.25) is 14.9 Å². The summed E-state index contributed by atoms with van der Waals surface area (Å²) < 4.78 is 46.2. The first-order valence-electron chi connectivity index (χ1n) is 9.25. The van der Waals surface area contributed by atoms with Crippen LogP contribution < -0.4 is 15.0 Å². The van der Waals surface area contributed by atoms with Gasteiger partial charge in [-0.25, -0.2) is 0 Å².